The van der Waals surface area contributed by atoms with Gasteiger partial charge in [0.1, 0.15) is 11.4 Å². The first kappa shape index (κ1) is 17.4. The summed E-state index contributed by atoms with van der Waals surface area (Å²) in [7, 11) is 0. The second kappa shape index (κ2) is 6.89. The smallest absolute Gasteiger partial charge is 0.408 e. The molecule has 1 atom stereocenters. The lowest BCUT2D eigenvalue weighted by Crippen LogP contribution is -2.35. The van der Waals surface area contributed by atoms with E-state index in [4.69, 9.17) is 9.84 Å². The Balaban J connectivity index is 2.92. The number of ether oxygens (including phenoxy) is 1. The van der Waals surface area contributed by atoms with Crippen molar-refractivity contribution in [3.8, 4) is 0 Å². The van der Waals surface area contributed by atoms with Gasteiger partial charge in [0.05, 0.1) is 16.9 Å². The number of carbonyl (C=O) groups is 2. The highest BCUT2D eigenvalue weighted by molar-refractivity contribution is 9.10. The van der Waals surface area contributed by atoms with Crippen LogP contribution in [0.25, 0.3) is 0 Å². The molecule has 0 aromatic heterocycles. The summed E-state index contributed by atoms with van der Waals surface area (Å²) in [5.41, 5.74) is -0.355. The van der Waals surface area contributed by atoms with Crippen molar-refractivity contribution >= 4 is 28.0 Å². The van der Waals surface area contributed by atoms with Crippen LogP contribution >= 0.6 is 15.9 Å². The predicted molar refractivity (Wildman–Crippen MR) is 78.5 cm³/mol. The number of carboxylic acids is 1. The van der Waals surface area contributed by atoms with Crippen molar-refractivity contribution in [1.29, 1.82) is 0 Å². The Kier molecular flexibility index (Phi) is 5.71. The Morgan fingerprint density at radius 3 is 2.52 bits per heavy atom. The molecule has 0 saturated heterocycles. The molecule has 1 unspecified atom stereocenters. The van der Waals surface area contributed by atoms with Crippen molar-refractivity contribution in [2.24, 2.45) is 0 Å². The lowest BCUT2D eigenvalue weighted by molar-refractivity contribution is -0.137. The molecule has 116 valence electrons. The van der Waals surface area contributed by atoms with Crippen molar-refractivity contribution < 1.29 is 23.8 Å². The van der Waals surface area contributed by atoms with E-state index in [9.17, 15) is 14.0 Å². The van der Waals surface area contributed by atoms with Crippen LogP contribution < -0.4 is 5.32 Å². The summed E-state index contributed by atoms with van der Waals surface area (Å²) in [5.74, 6) is -1.65. The maximum atomic E-state index is 13.5. The molecular formula is C14H17BrFNO4. The van der Waals surface area contributed by atoms with E-state index < -0.39 is 29.5 Å². The maximum absolute atomic E-state index is 13.5. The average Bonchev–Trinajstić information content (AvgIpc) is 2.28. The van der Waals surface area contributed by atoms with Crippen molar-refractivity contribution in [2.75, 3.05) is 0 Å². The molecule has 21 heavy (non-hydrogen) atoms. The molecule has 0 spiro atoms. The normalized spacial score (nSPS) is 12.6. The zero-order valence-corrected chi connectivity index (χ0v) is 13.5. The van der Waals surface area contributed by atoms with Gasteiger partial charge in [0.15, 0.2) is 0 Å². The van der Waals surface area contributed by atoms with Crippen molar-refractivity contribution in [2.45, 2.75) is 38.8 Å². The molecular weight excluding hydrogens is 345 g/mol. The van der Waals surface area contributed by atoms with Crippen molar-refractivity contribution in [3.05, 3.63) is 34.1 Å². The van der Waals surface area contributed by atoms with E-state index in [0.29, 0.717) is 5.56 Å². The number of halogens is 2. The fourth-order valence-corrected chi connectivity index (χ4v) is 1.85. The number of aliphatic carboxylic acids is 1. The zero-order chi connectivity index (χ0) is 16.2. The van der Waals surface area contributed by atoms with Gasteiger partial charge in [-0.2, -0.15) is 0 Å². The molecule has 7 heteroatoms. The molecule has 1 rings (SSSR count). The van der Waals surface area contributed by atoms with Crippen LogP contribution in [0.3, 0.4) is 0 Å². The van der Waals surface area contributed by atoms with Crippen LogP contribution in [0.1, 0.15) is 38.8 Å². The Labute approximate surface area is 130 Å². The zero-order valence-electron chi connectivity index (χ0n) is 11.9. The number of hydrogen-bond donors (Lipinski definition) is 2. The number of rotatable bonds is 4. The predicted octanol–water partition coefficient (Wildman–Crippen LogP) is 3.63. The molecule has 1 aromatic rings. The number of amides is 1. The van der Waals surface area contributed by atoms with Gasteiger partial charge in [0, 0.05) is 0 Å². The molecule has 0 fully saturated rings. The Hall–Kier alpha value is -1.63. The van der Waals surface area contributed by atoms with Gasteiger partial charge in [-0.3, -0.25) is 4.79 Å². The maximum Gasteiger partial charge on any atom is 0.408 e. The fourth-order valence-electron chi connectivity index (χ4n) is 1.61. The molecule has 0 aliphatic heterocycles. The summed E-state index contributed by atoms with van der Waals surface area (Å²) < 4.78 is 18.9. The van der Waals surface area contributed by atoms with Crippen LogP contribution in [0, 0.1) is 5.82 Å². The summed E-state index contributed by atoms with van der Waals surface area (Å²) in [6.45, 7) is 5.08. The summed E-state index contributed by atoms with van der Waals surface area (Å²) in [4.78, 5) is 22.7. The summed E-state index contributed by atoms with van der Waals surface area (Å²) in [6.07, 6.45) is -1.13. The number of nitrogens with one attached hydrogen (secondary N) is 1. The van der Waals surface area contributed by atoms with Crippen molar-refractivity contribution in [3.63, 3.8) is 0 Å². The third-order valence-electron chi connectivity index (χ3n) is 2.42. The average molecular weight is 362 g/mol. The number of carbonyl (C=O) groups excluding carboxylic acids is 1. The molecule has 0 heterocycles. The second-order valence-corrected chi connectivity index (χ2v) is 6.32. The van der Waals surface area contributed by atoms with Crippen LogP contribution in [-0.2, 0) is 9.53 Å². The van der Waals surface area contributed by atoms with Gasteiger partial charge in [0.25, 0.3) is 0 Å². The minimum Gasteiger partial charge on any atom is -0.481 e. The van der Waals surface area contributed by atoms with Crippen LogP contribution in [0.15, 0.2) is 22.7 Å². The highest BCUT2D eigenvalue weighted by atomic mass is 79.9. The quantitative estimate of drug-likeness (QED) is 0.858. The third kappa shape index (κ3) is 6.12. The number of alkyl carbamates (subject to hydrolysis) is 1. The lowest BCUT2D eigenvalue weighted by Gasteiger charge is -2.23. The summed E-state index contributed by atoms with van der Waals surface area (Å²) in [5, 5.41) is 11.4. The number of hydrogen-bond acceptors (Lipinski definition) is 3. The first-order valence-corrected chi connectivity index (χ1v) is 7.04. The number of carboxylic acid groups (broad SMARTS) is 1. The van der Waals surface area contributed by atoms with E-state index in [2.05, 4.69) is 21.2 Å². The minimum absolute atomic E-state index is 0.262. The van der Waals surface area contributed by atoms with Crippen LogP contribution in [0.5, 0.6) is 0 Å². The highest BCUT2D eigenvalue weighted by Crippen LogP contribution is 2.23. The number of benzene rings is 1. The third-order valence-corrected chi connectivity index (χ3v) is 3.06. The first-order valence-electron chi connectivity index (χ1n) is 6.25. The molecule has 5 nitrogen and oxygen atoms in total. The first-order chi connectivity index (χ1) is 9.58. The molecule has 0 radical (unpaired) electrons. The molecule has 1 amide bonds. The van der Waals surface area contributed by atoms with E-state index in [1.54, 1.807) is 20.8 Å². The molecule has 0 saturated carbocycles. The van der Waals surface area contributed by atoms with E-state index in [1.165, 1.54) is 18.2 Å². The van der Waals surface area contributed by atoms with Gasteiger partial charge in [0.2, 0.25) is 0 Å². The Morgan fingerprint density at radius 1 is 1.43 bits per heavy atom. The van der Waals surface area contributed by atoms with Gasteiger partial charge in [-0.15, -0.1) is 0 Å². The van der Waals surface area contributed by atoms with E-state index in [0.717, 1.165) is 0 Å². The van der Waals surface area contributed by atoms with E-state index in [-0.39, 0.29) is 10.9 Å². The monoisotopic (exact) mass is 361 g/mol. The molecule has 0 aliphatic rings. The largest absolute Gasteiger partial charge is 0.481 e. The van der Waals surface area contributed by atoms with Gasteiger partial charge in [-0.1, -0.05) is 6.07 Å². The fraction of sp³-hybridized carbons (Fsp3) is 0.429. The lowest BCUT2D eigenvalue weighted by atomic mass is 10.0. The topological polar surface area (TPSA) is 75.6 Å². The second-order valence-electron chi connectivity index (χ2n) is 5.47. The van der Waals surface area contributed by atoms with Crippen molar-refractivity contribution in [1.82, 2.24) is 5.32 Å². The van der Waals surface area contributed by atoms with Crippen LogP contribution in [0.2, 0.25) is 0 Å². The van der Waals surface area contributed by atoms with Crippen LogP contribution in [-0.4, -0.2) is 22.8 Å². The summed E-state index contributed by atoms with van der Waals surface area (Å²) in [6, 6.07) is 3.30. The van der Waals surface area contributed by atoms with E-state index >= 15 is 0 Å². The van der Waals surface area contributed by atoms with Crippen LogP contribution in [0.4, 0.5) is 9.18 Å². The minimum atomic E-state index is -1.11. The molecule has 0 aliphatic carbocycles. The molecule has 2 N–H and O–H groups in total. The summed E-state index contributed by atoms with van der Waals surface area (Å²) >= 11 is 3.02. The molecule has 1 aromatic carbocycles. The SMILES string of the molecule is CC(C)(C)OC(=O)NC(CC(=O)O)c1ccc(Br)c(F)c1. The molecule has 0 bridgehead atoms. The van der Waals surface area contributed by atoms with Gasteiger partial charge in [-0.05, 0) is 54.4 Å². The Bertz CT molecular complexity index is 542. The standard InChI is InChI=1S/C14H17BrFNO4/c1-14(2,3)21-13(20)17-11(7-12(18)19)8-4-5-9(15)10(16)6-8/h4-6,11H,7H2,1-3H3,(H,17,20)(H,18,19). The van der Waals surface area contributed by atoms with Gasteiger partial charge < -0.3 is 15.2 Å². The Morgan fingerprint density at radius 2 is 2.05 bits per heavy atom. The highest BCUT2D eigenvalue weighted by Gasteiger charge is 2.23. The van der Waals surface area contributed by atoms with Gasteiger partial charge in [-0.25, -0.2) is 9.18 Å². The van der Waals surface area contributed by atoms with E-state index in [1.807, 2.05) is 0 Å². The van der Waals surface area contributed by atoms with Gasteiger partial charge >= 0.3 is 12.1 Å².